The molecule has 1 aliphatic carbocycles. The van der Waals surface area contributed by atoms with Crippen molar-refractivity contribution in [3.8, 4) is 11.4 Å². The number of aromatic nitrogens is 4. The molecule has 0 bridgehead atoms. The van der Waals surface area contributed by atoms with Gasteiger partial charge in [0.2, 0.25) is 0 Å². The van der Waals surface area contributed by atoms with Crippen molar-refractivity contribution < 1.29 is 0 Å². The number of H-pyrrole nitrogens is 1. The normalized spacial score (nSPS) is 16.0. The highest BCUT2D eigenvalue weighted by molar-refractivity contribution is 7.97. The Labute approximate surface area is 229 Å². The number of allylic oxidation sites excluding steroid dienone is 4. The fraction of sp³-hybridized carbons (Fsp3) is 0.310. The largest absolute Gasteiger partial charge is 0.375 e. The van der Waals surface area contributed by atoms with Crippen LogP contribution in [0, 0.1) is 13.8 Å². The molecule has 1 aliphatic heterocycles. The Kier molecular flexibility index (Phi) is 6.80. The zero-order valence-electron chi connectivity index (χ0n) is 22.3. The van der Waals surface area contributed by atoms with E-state index >= 15 is 0 Å². The van der Waals surface area contributed by atoms with Gasteiger partial charge in [-0.2, -0.15) is 0 Å². The second kappa shape index (κ2) is 10.4. The van der Waals surface area contributed by atoms with E-state index in [4.69, 9.17) is 10.1 Å². The Bertz CT molecular complexity index is 1560. The van der Waals surface area contributed by atoms with Crippen LogP contribution in [-0.2, 0) is 0 Å². The molecule has 0 unspecified atom stereocenters. The number of rotatable bonds is 6. The van der Waals surface area contributed by atoms with Crippen molar-refractivity contribution in [1.82, 2.24) is 24.4 Å². The first kappa shape index (κ1) is 24.9. The number of nitrogens with two attached hydrogens (primary N) is 1. The third-order valence-corrected chi connectivity index (χ3v) is 8.24. The highest BCUT2D eigenvalue weighted by Crippen LogP contribution is 2.34. The maximum Gasteiger partial charge on any atom is 0.159 e. The van der Waals surface area contributed by atoms with Crippen LogP contribution in [0.3, 0.4) is 0 Å². The number of fused-ring (bicyclic) bond motifs is 1. The van der Waals surface area contributed by atoms with Crippen molar-refractivity contribution in [1.29, 1.82) is 0 Å². The number of hydrogen-bond acceptors (Lipinski definition) is 6. The lowest BCUT2D eigenvalue weighted by Gasteiger charge is -2.33. The van der Waals surface area contributed by atoms with E-state index in [2.05, 4.69) is 64.7 Å². The van der Waals surface area contributed by atoms with Gasteiger partial charge in [0, 0.05) is 58.2 Å². The quantitative estimate of drug-likeness (QED) is 0.243. The Hall–Kier alpha value is -3.43. The predicted octanol–water partition coefficient (Wildman–Crippen LogP) is 5.02. The van der Waals surface area contributed by atoms with Crippen LogP contribution in [0.5, 0.6) is 0 Å². The van der Waals surface area contributed by atoms with Gasteiger partial charge in [-0.25, -0.2) is 9.97 Å². The predicted molar refractivity (Wildman–Crippen MR) is 162 cm³/mol. The maximum absolute atomic E-state index is 5.78. The van der Waals surface area contributed by atoms with Crippen LogP contribution in [0.2, 0.25) is 0 Å². The molecule has 0 saturated carbocycles. The average Bonchev–Trinajstić information content (AvgIpc) is 3.51. The topological polar surface area (TPSA) is 87.8 Å². The molecule has 1 aromatic carbocycles. The summed E-state index contributed by atoms with van der Waals surface area (Å²) in [7, 11) is 2.05. The molecule has 4 aromatic rings. The molecule has 0 atom stereocenters. The van der Waals surface area contributed by atoms with Gasteiger partial charge in [-0.1, -0.05) is 12.1 Å². The fourth-order valence-electron chi connectivity index (χ4n) is 5.78. The molecule has 194 valence electrons. The third kappa shape index (κ3) is 4.65. The molecule has 0 radical (unpaired) electrons. The van der Waals surface area contributed by atoms with E-state index in [-0.39, 0.29) is 0 Å². The number of nitrogens with one attached hydrogen (secondary N) is 2. The Morgan fingerprint density at radius 2 is 1.97 bits per heavy atom. The number of anilines is 2. The molecule has 4 N–H and O–H groups in total. The fourth-order valence-corrected chi connectivity index (χ4v) is 6.13. The third-order valence-electron chi connectivity index (χ3n) is 7.72. The summed E-state index contributed by atoms with van der Waals surface area (Å²) in [5, 5.41) is 9.33. The number of aryl methyl sites for hydroxylation is 1. The van der Waals surface area contributed by atoms with E-state index in [0.717, 1.165) is 57.1 Å². The number of hydrogen-bond donors (Lipinski definition) is 3. The van der Waals surface area contributed by atoms with Gasteiger partial charge < -0.3 is 19.8 Å². The van der Waals surface area contributed by atoms with Gasteiger partial charge in [0.25, 0.3) is 0 Å². The van der Waals surface area contributed by atoms with Crippen LogP contribution in [0.4, 0.5) is 11.4 Å². The van der Waals surface area contributed by atoms with Gasteiger partial charge in [-0.3, -0.25) is 5.14 Å². The minimum absolute atomic E-state index is 0.770. The summed E-state index contributed by atoms with van der Waals surface area (Å²) in [6.07, 6.45) is 12.8. The number of likely N-dealkylation sites (tertiary alicyclic amines) is 1. The van der Waals surface area contributed by atoms with Gasteiger partial charge in [-0.15, -0.1) is 0 Å². The molecular formula is C29H34BN7S. The molecule has 3 aromatic heterocycles. The minimum atomic E-state index is 0.770. The first-order valence-electron chi connectivity index (χ1n) is 13.5. The number of nitrogens with zero attached hydrogens (tertiary/aromatic N) is 4. The van der Waals surface area contributed by atoms with E-state index in [0.29, 0.717) is 0 Å². The Morgan fingerprint density at radius 1 is 1.13 bits per heavy atom. The summed E-state index contributed by atoms with van der Waals surface area (Å²) in [4.78, 5) is 16.8. The average molecular weight is 524 g/mol. The molecule has 4 heterocycles. The summed E-state index contributed by atoms with van der Waals surface area (Å²) in [5.41, 5.74) is 10.8. The van der Waals surface area contributed by atoms with E-state index in [1.165, 1.54) is 67.1 Å². The Morgan fingerprint density at radius 3 is 2.79 bits per heavy atom. The van der Waals surface area contributed by atoms with E-state index in [1.54, 1.807) is 0 Å². The summed E-state index contributed by atoms with van der Waals surface area (Å²) in [5.74, 6) is 0.836. The van der Waals surface area contributed by atoms with Crippen molar-refractivity contribution in [3.63, 3.8) is 0 Å². The van der Waals surface area contributed by atoms with Crippen LogP contribution in [0.15, 0.2) is 59.3 Å². The van der Waals surface area contributed by atoms with Gasteiger partial charge in [0.15, 0.2) is 5.65 Å². The van der Waals surface area contributed by atoms with Crippen molar-refractivity contribution in [2.45, 2.75) is 50.8 Å². The van der Waals surface area contributed by atoms with Crippen molar-refractivity contribution in [2.75, 3.05) is 18.4 Å². The zero-order chi connectivity index (χ0) is 26.2. The monoisotopic (exact) mass is 523 g/mol. The van der Waals surface area contributed by atoms with E-state index in [1.807, 2.05) is 30.5 Å². The molecule has 6 rings (SSSR count). The number of aromatic amines is 1. The second-order valence-electron chi connectivity index (χ2n) is 10.3. The number of benzene rings is 1. The lowest BCUT2D eigenvalue weighted by Crippen LogP contribution is -2.29. The zero-order valence-corrected chi connectivity index (χ0v) is 23.2. The standard InChI is InChI=1S/C29H34BN7S/c1-18-14-24(19(2)37(18)22-10-7-9-21(16-22)36-12-4-3-5-13-36)28-34-27-26(25(30)17-32-29(27)35-28)33-20-8-6-11-23(15-20)38-31/h6,8,10-11,14-17H,3-5,7,9,12-13,30-31H2,1-2H3,(H2,32,33,34,35). The van der Waals surface area contributed by atoms with Gasteiger partial charge in [0.05, 0.1) is 5.69 Å². The summed E-state index contributed by atoms with van der Waals surface area (Å²) in [6.45, 7) is 6.74. The van der Waals surface area contributed by atoms with Crippen LogP contribution in [-0.4, -0.2) is 45.4 Å². The SMILES string of the molecule is Bc1cnc2[nH]c(-c3cc(C)n(C4=CCCC(N5CCCCC5)=C4)c3C)nc2c1Nc1cccc(SN)c1. The smallest absolute Gasteiger partial charge is 0.159 e. The van der Waals surface area contributed by atoms with Gasteiger partial charge in [0.1, 0.15) is 19.2 Å². The molecule has 1 fully saturated rings. The molecule has 0 amide bonds. The molecule has 38 heavy (non-hydrogen) atoms. The van der Waals surface area contributed by atoms with Crippen LogP contribution < -0.4 is 15.9 Å². The number of pyridine rings is 1. The first-order valence-corrected chi connectivity index (χ1v) is 14.3. The van der Waals surface area contributed by atoms with Crippen LogP contribution in [0.25, 0.3) is 28.2 Å². The summed E-state index contributed by atoms with van der Waals surface area (Å²) >= 11 is 1.24. The number of imidazole rings is 1. The highest BCUT2D eigenvalue weighted by atomic mass is 32.2. The lowest BCUT2D eigenvalue weighted by molar-refractivity contribution is 0.276. The summed E-state index contributed by atoms with van der Waals surface area (Å²) in [6, 6.07) is 10.3. The molecule has 2 aliphatic rings. The Balaban J connectivity index is 1.36. The summed E-state index contributed by atoms with van der Waals surface area (Å²) < 4.78 is 2.37. The minimum Gasteiger partial charge on any atom is -0.375 e. The van der Waals surface area contributed by atoms with E-state index in [9.17, 15) is 0 Å². The van der Waals surface area contributed by atoms with Crippen molar-refractivity contribution in [2.24, 2.45) is 5.14 Å². The first-order chi connectivity index (χ1) is 18.5. The molecule has 9 heteroatoms. The second-order valence-corrected chi connectivity index (χ2v) is 11.0. The van der Waals surface area contributed by atoms with Crippen LogP contribution in [0.1, 0.15) is 43.5 Å². The molecular weight excluding hydrogens is 489 g/mol. The molecule has 0 spiro atoms. The molecule has 7 nitrogen and oxygen atoms in total. The van der Waals surface area contributed by atoms with Crippen molar-refractivity contribution in [3.05, 3.63) is 65.8 Å². The van der Waals surface area contributed by atoms with Crippen LogP contribution >= 0.6 is 11.9 Å². The van der Waals surface area contributed by atoms with Gasteiger partial charge in [-0.05, 0) is 93.7 Å². The lowest BCUT2D eigenvalue weighted by atomic mass is 9.96. The maximum atomic E-state index is 5.78. The number of piperidine rings is 1. The van der Waals surface area contributed by atoms with Gasteiger partial charge >= 0.3 is 0 Å². The van der Waals surface area contributed by atoms with E-state index < -0.39 is 0 Å². The highest BCUT2D eigenvalue weighted by Gasteiger charge is 2.21. The molecule has 1 saturated heterocycles. The van der Waals surface area contributed by atoms with Crippen molar-refractivity contribution >= 4 is 53.5 Å².